The van der Waals surface area contributed by atoms with E-state index in [9.17, 15) is 43.5 Å². The number of hydrogen-bond donors (Lipinski definition) is 4. The molecule has 4 aliphatic heterocycles. The molecule has 22 nitrogen and oxygen atoms in total. The number of fused-ring (bicyclic) bond motifs is 2. The number of nitrogens with zero attached hydrogens (tertiary/aromatic N) is 5. The van der Waals surface area contributed by atoms with Crippen molar-refractivity contribution < 1.29 is 67.1 Å². The third-order valence-electron chi connectivity index (χ3n) is 14.5. The molecule has 0 saturated carbocycles. The molecule has 7 rings (SSSR count). The number of halogens is 2. The lowest BCUT2D eigenvalue weighted by atomic mass is 10.0. The van der Waals surface area contributed by atoms with E-state index in [4.69, 9.17) is 23.7 Å². The van der Waals surface area contributed by atoms with E-state index in [0.29, 0.717) is 92.1 Å². The fraction of sp³-hybridized carbons (Fsp3) is 0.450. The molecule has 4 heterocycles. The second-order valence-electron chi connectivity index (χ2n) is 21.1. The third kappa shape index (κ3) is 15.4. The van der Waals surface area contributed by atoms with E-state index in [0.717, 1.165) is 27.4 Å². The smallest absolute Gasteiger partial charge is 0.416 e. The number of nitrogens with one attached hydrogen (secondary N) is 3. The fourth-order valence-electron chi connectivity index (χ4n) is 9.87. The predicted molar refractivity (Wildman–Crippen MR) is 321 cm³/mol. The molecule has 24 heteroatoms. The van der Waals surface area contributed by atoms with Crippen LogP contribution in [0.3, 0.4) is 0 Å². The standard InChI is InChI=1S/C60H72Br2N8O14/c1-9-63-42-29-47(45(80-7)27-40(42)55(74)67-23-21-35(4)31-67)82-24-14-11-15-25-83-48-30-43-41(28-46(48)81-8)56(75)69-32-36(5)26-44(69)57(76)70(43)60(79)84-33-38-17-19-39(20-18-38)65-53(72)37(6)64-54(73)52(34(2)3)66-49(71)16-12-10-13-22-68-58(77)50(61)51(62)59(68)78/h9,17-20,27-32,34,37,44,52,57,76H,10-16,21-26,33H2,1-8H3,(H,64,73)(H,65,72)(H,66,71)/t37-,44-,52-,57-/m1/s1. The summed E-state index contributed by atoms with van der Waals surface area (Å²) in [6.45, 7) is 11.8. The van der Waals surface area contributed by atoms with E-state index in [-0.39, 0.29) is 75.6 Å². The first-order valence-electron chi connectivity index (χ1n) is 27.9. The van der Waals surface area contributed by atoms with Gasteiger partial charge in [0.1, 0.15) is 27.7 Å². The van der Waals surface area contributed by atoms with Crippen LogP contribution >= 0.6 is 31.9 Å². The van der Waals surface area contributed by atoms with Gasteiger partial charge >= 0.3 is 6.09 Å². The molecule has 3 aromatic carbocycles. The van der Waals surface area contributed by atoms with E-state index < -0.39 is 60.0 Å². The first-order valence-corrected chi connectivity index (χ1v) is 29.5. The molecule has 4 N–H and O–H groups in total. The van der Waals surface area contributed by atoms with Crippen LogP contribution in [-0.4, -0.2) is 138 Å². The number of anilines is 2. The molecule has 0 bridgehead atoms. The van der Waals surface area contributed by atoms with Crippen LogP contribution in [0.2, 0.25) is 0 Å². The van der Waals surface area contributed by atoms with Crippen molar-refractivity contribution in [3.05, 3.63) is 97.7 Å². The molecule has 3 aromatic rings. The van der Waals surface area contributed by atoms with Crippen molar-refractivity contribution in [2.24, 2.45) is 10.9 Å². The van der Waals surface area contributed by atoms with Crippen LogP contribution in [0.4, 0.5) is 21.9 Å². The van der Waals surface area contributed by atoms with Crippen molar-refractivity contribution >= 4 is 103 Å². The number of hydrogen-bond acceptors (Lipinski definition) is 15. The lowest BCUT2D eigenvalue weighted by Gasteiger charge is -2.31. The molecule has 0 unspecified atom stereocenters. The van der Waals surface area contributed by atoms with Crippen LogP contribution in [0.5, 0.6) is 23.0 Å². The highest BCUT2D eigenvalue weighted by molar-refractivity contribution is 9.14. The zero-order chi connectivity index (χ0) is 60.9. The van der Waals surface area contributed by atoms with E-state index in [1.165, 1.54) is 38.2 Å². The highest BCUT2D eigenvalue weighted by Crippen LogP contribution is 2.43. The van der Waals surface area contributed by atoms with Crippen LogP contribution in [-0.2, 0) is 35.3 Å². The summed E-state index contributed by atoms with van der Waals surface area (Å²) in [6, 6.07) is 10.1. The molecule has 0 fully saturated rings. The van der Waals surface area contributed by atoms with E-state index in [1.54, 1.807) is 74.5 Å². The number of carbonyl (C=O) groups excluding carboxylic acids is 8. The lowest BCUT2D eigenvalue weighted by Crippen LogP contribution is -2.53. The van der Waals surface area contributed by atoms with Crippen molar-refractivity contribution in [2.45, 2.75) is 130 Å². The zero-order valence-electron chi connectivity index (χ0n) is 48.4. The summed E-state index contributed by atoms with van der Waals surface area (Å²) in [5.41, 5.74) is 3.89. The van der Waals surface area contributed by atoms with E-state index in [2.05, 4.69) is 52.8 Å². The minimum Gasteiger partial charge on any atom is -0.493 e. The number of carbonyl (C=O) groups is 8. The highest BCUT2D eigenvalue weighted by Gasteiger charge is 2.45. The lowest BCUT2D eigenvalue weighted by molar-refractivity contribution is -0.137. The van der Waals surface area contributed by atoms with Crippen LogP contribution in [0, 0.1) is 5.92 Å². The van der Waals surface area contributed by atoms with Crippen LogP contribution < -0.4 is 39.8 Å². The third-order valence-corrected chi connectivity index (χ3v) is 16.5. The normalized spacial score (nSPS) is 17.4. The Morgan fingerprint density at radius 2 is 1.42 bits per heavy atom. The van der Waals surface area contributed by atoms with Crippen molar-refractivity contribution in [3.63, 3.8) is 0 Å². The summed E-state index contributed by atoms with van der Waals surface area (Å²) >= 11 is 6.21. The molecular weight excluding hydrogens is 1220 g/mol. The molecule has 450 valence electrons. The maximum absolute atomic E-state index is 14.2. The Labute approximate surface area is 505 Å². The molecule has 0 saturated heterocycles. The number of aliphatic imine (C=N–C) groups is 1. The van der Waals surface area contributed by atoms with Gasteiger partial charge in [0.25, 0.3) is 23.6 Å². The summed E-state index contributed by atoms with van der Waals surface area (Å²) in [4.78, 5) is 116. The number of benzene rings is 3. The van der Waals surface area contributed by atoms with Gasteiger partial charge in [0.05, 0.1) is 56.0 Å². The van der Waals surface area contributed by atoms with Crippen LogP contribution in [0.15, 0.2) is 86.0 Å². The number of aliphatic hydroxyl groups is 1. The minimum atomic E-state index is -1.52. The van der Waals surface area contributed by atoms with Gasteiger partial charge in [-0.1, -0.05) is 43.5 Å². The summed E-state index contributed by atoms with van der Waals surface area (Å²) in [5, 5.41) is 20.1. The summed E-state index contributed by atoms with van der Waals surface area (Å²) in [7, 11) is 2.96. The molecule has 4 atom stereocenters. The van der Waals surface area contributed by atoms with Gasteiger partial charge in [0, 0.05) is 55.9 Å². The average molecular weight is 1290 g/mol. The molecule has 0 aromatic heterocycles. The highest BCUT2D eigenvalue weighted by atomic mass is 79.9. The number of aliphatic hydroxyl groups excluding tert-OH is 1. The number of amides is 8. The Morgan fingerprint density at radius 3 is 2.04 bits per heavy atom. The average Bonchev–Trinajstić information content (AvgIpc) is 2.18. The van der Waals surface area contributed by atoms with Gasteiger partial charge in [0.15, 0.2) is 29.2 Å². The Balaban J connectivity index is 0.909. The van der Waals surface area contributed by atoms with Crippen molar-refractivity contribution in [1.29, 1.82) is 0 Å². The SMILES string of the molecule is CC=Nc1cc(OCCCCCOc2cc3c(cc2OC)C(=O)N2C=C(C)C[C@@H]2[C@@H](O)N3C(=O)OCc2ccc(NC(=O)[C@@H](C)NC(=O)[C@H](NC(=O)CCCCCN3C(=O)C(Br)=C(Br)C3=O)C(C)C)cc2)c(OC)cc1C(=O)N1C=C(C)CC1. The predicted octanol–water partition coefficient (Wildman–Crippen LogP) is 8.91. The molecule has 8 amide bonds. The number of methoxy groups -OCH3 is 2. The Morgan fingerprint density at radius 1 is 0.774 bits per heavy atom. The van der Waals surface area contributed by atoms with Gasteiger partial charge < -0.3 is 54.5 Å². The van der Waals surface area contributed by atoms with Crippen LogP contribution in [0.25, 0.3) is 0 Å². The number of unbranched alkanes of at least 4 members (excludes halogenated alkanes) is 4. The van der Waals surface area contributed by atoms with E-state index >= 15 is 0 Å². The van der Waals surface area contributed by atoms with Gasteiger partial charge in [-0.15, -0.1) is 0 Å². The monoisotopic (exact) mass is 1290 g/mol. The Hall–Kier alpha value is -7.57. The van der Waals surface area contributed by atoms with Gasteiger partial charge in [-0.05, 0) is 140 Å². The summed E-state index contributed by atoms with van der Waals surface area (Å²) in [5.74, 6) is -1.86. The van der Waals surface area contributed by atoms with Gasteiger partial charge in [-0.2, -0.15) is 0 Å². The molecule has 0 radical (unpaired) electrons. The van der Waals surface area contributed by atoms with Gasteiger partial charge in [-0.3, -0.25) is 43.5 Å². The Bertz CT molecular complexity index is 3120. The van der Waals surface area contributed by atoms with Crippen LogP contribution in [0.1, 0.15) is 126 Å². The minimum absolute atomic E-state index is 0.0597. The first-order chi connectivity index (χ1) is 40.1. The summed E-state index contributed by atoms with van der Waals surface area (Å²) < 4.78 is 29.8. The van der Waals surface area contributed by atoms with Crippen molar-refractivity contribution in [3.8, 4) is 23.0 Å². The molecule has 0 spiro atoms. The second-order valence-corrected chi connectivity index (χ2v) is 22.7. The second kappa shape index (κ2) is 29.3. The largest absolute Gasteiger partial charge is 0.493 e. The van der Waals surface area contributed by atoms with Crippen molar-refractivity contribution in [2.75, 3.05) is 50.7 Å². The first kappa shape index (κ1) is 64.0. The number of rotatable bonds is 26. The zero-order valence-corrected chi connectivity index (χ0v) is 51.6. The van der Waals surface area contributed by atoms with Crippen molar-refractivity contribution in [1.82, 2.24) is 25.3 Å². The molecule has 0 aliphatic carbocycles. The fourth-order valence-corrected chi connectivity index (χ4v) is 10.6. The quantitative estimate of drug-likeness (QED) is 0.0332. The van der Waals surface area contributed by atoms with E-state index in [1.807, 2.05) is 20.0 Å². The van der Waals surface area contributed by atoms with Gasteiger partial charge in [0.2, 0.25) is 17.7 Å². The number of ether oxygens (including phenoxy) is 5. The Kier molecular flexibility index (Phi) is 22.3. The van der Waals surface area contributed by atoms with Gasteiger partial charge in [-0.25, -0.2) is 9.69 Å². The summed E-state index contributed by atoms with van der Waals surface area (Å²) in [6.07, 6.45) is 7.34. The molecular formula is C60H72Br2N8O14. The molecule has 4 aliphatic rings. The maximum Gasteiger partial charge on any atom is 0.416 e. The molecule has 84 heavy (non-hydrogen) atoms. The maximum atomic E-state index is 14.2. The topological polar surface area (TPSA) is 264 Å². The number of imide groups is 1.